The van der Waals surface area contributed by atoms with Gasteiger partial charge in [-0.3, -0.25) is 4.79 Å². The van der Waals surface area contributed by atoms with Gasteiger partial charge in [-0.2, -0.15) is 0 Å². The number of hydrogen-bond donors (Lipinski definition) is 0. The van der Waals surface area contributed by atoms with E-state index in [1.165, 1.54) is 0 Å². The van der Waals surface area contributed by atoms with E-state index in [1.807, 2.05) is 26.8 Å². The number of ether oxygens (including phenoxy) is 1. The highest BCUT2D eigenvalue weighted by Crippen LogP contribution is 2.36. The molecule has 2 heteroatoms. The average Bonchev–Trinajstić information content (AvgIpc) is 2.08. The third-order valence-electron chi connectivity index (χ3n) is 3.10. The first kappa shape index (κ1) is 9.50. The second-order valence-corrected chi connectivity index (χ2v) is 4.55. The van der Waals surface area contributed by atoms with Gasteiger partial charge in [-0.15, -0.1) is 0 Å². The van der Waals surface area contributed by atoms with Crippen molar-refractivity contribution >= 4 is 5.78 Å². The molecule has 0 bridgehead atoms. The van der Waals surface area contributed by atoms with Crippen LogP contribution in [0.5, 0.6) is 0 Å². The zero-order valence-electron chi connectivity index (χ0n) is 9.02. The molecule has 1 aliphatic carbocycles. The maximum atomic E-state index is 11.6. The van der Waals surface area contributed by atoms with Gasteiger partial charge < -0.3 is 4.74 Å². The van der Waals surface area contributed by atoms with Gasteiger partial charge in [0, 0.05) is 12.8 Å². The second kappa shape index (κ2) is 2.97. The third kappa shape index (κ3) is 1.39. The highest BCUT2D eigenvalue weighted by Gasteiger charge is 2.32. The Labute approximate surface area is 84.6 Å². The highest BCUT2D eigenvalue weighted by molar-refractivity contribution is 5.99. The molecule has 0 aromatic carbocycles. The monoisotopic (exact) mass is 192 g/mol. The van der Waals surface area contributed by atoms with Crippen molar-refractivity contribution in [1.29, 1.82) is 0 Å². The molecule has 0 aromatic rings. The summed E-state index contributed by atoms with van der Waals surface area (Å²) in [7, 11) is 0. The number of Topliss-reactive ketones (excluding diaryl/α,β-unsaturated/α-hetero) is 1. The molecule has 0 unspecified atom stereocenters. The molecule has 1 heterocycles. The number of hydrogen-bond acceptors (Lipinski definition) is 2. The summed E-state index contributed by atoms with van der Waals surface area (Å²) < 4.78 is 5.85. The second-order valence-electron chi connectivity index (χ2n) is 4.55. The van der Waals surface area contributed by atoms with Crippen LogP contribution in [0.25, 0.3) is 0 Å². The molecule has 0 N–H and O–H groups in total. The van der Waals surface area contributed by atoms with Crippen molar-refractivity contribution in [3.05, 3.63) is 23.0 Å². The van der Waals surface area contributed by atoms with E-state index in [0.717, 1.165) is 29.7 Å². The fraction of sp³-hybridized carbons (Fsp3) is 0.583. The minimum Gasteiger partial charge on any atom is -0.487 e. The number of ketones is 1. The fourth-order valence-corrected chi connectivity index (χ4v) is 1.88. The first-order chi connectivity index (χ1) is 6.50. The Balaban J connectivity index is 2.42. The van der Waals surface area contributed by atoms with Gasteiger partial charge in [0.1, 0.15) is 11.4 Å². The van der Waals surface area contributed by atoms with Crippen molar-refractivity contribution in [2.45, 2.75) is 45.6 Å². The van der Waals surface area contributed by atoms with Gasteiger partial charge in [0.05, 0.1) is 5.57 Å². The number of carbonyl (C=O) groups is 1. The lowest BCUT2D eigenvalue weighted by molar-refractivity contribution is -0.116. The van der Waals surface area contributed by atoms with E-state index in [4.69, 9.17) is 4.74 Å². The van der Waals surface area contributed by atoms with Crippen LogP contribution in [0.3, 0.4) is 0 Å². The molecular formula is C12H16O2. The molecule has 0 radical (unpaired) electrons. The smallest absolute Gasteiger partial charge is 0.166 e. The third-order valence-corrected chi connectivity index (χ3v) is 3.10. The van der Waals surface area contributed by atoms with E-state index in [2.05, 4.69) is 0 Å². The quantitative estimate of drug-likeness (QED) is 0.590. The topological polar surface area (TPSA) is 26.3 Å². The maximum Gasteiger partial charge on any atom is 0.166 e. The van der Waals surface area contributed by atoms with Crippen molar-refractivity contribution in [3.63, 3.8) is 0 Å². The molecule has 0 amide bonds. The van der Waals surface area contributed by atoms with E-state index in [0.29, 0.717) is 6.42 Å². The Kier molecular flexibility index (Phi) is 2.02. The van der Waals surface area contributed by atoms with Gasteiger partial charge >= 0.3 is 0 Å². The minimum absolute atomic E-state index is 0.237. The molecule has 0 aromatic heterocycles. The Morgan fingerprint density at radius 3 is 2.79 bits per heavy atom. The SMILES string of the molecule is CC1=CC2=C(CCCC2=O)OC1(C)C. The lowest BCUT2D eigenvalue weighted by Gasteiger charge is -2.35. The predicted octanol–water partition coefficient (Wildman–Crippen LogP) is 2.75. The molecule has 0 atom stereocenters. The normalized spacial score (nSPS) is 25.4. The number of rotatable bonds is 0. The predicted molar refractivity (Wildman–Crippen MR) is 54.8 cm³/mol. The summed E-state index contributed by atoms with van der Waals surface area (Å²) in [6.45, 7) is 6.11. The zero-order valence-corrected chi connectivity index (χ0v) is 9.02. The Hall–Kier alpha value is -1.05. The number of allylic oxidation sites excluding steroid dienone is 3. The Morgan fingerprint density at radius 1 is 1.36 bits per heavy atom. The molecule has 1 aliphatic heterocycles. The summed E-state index contributed by atoms with van der Waals surface area (Å²) >= 11 is 0. The fourth-order valence-electron chi connectivity index (χ4n) is 1.88. The molecule has 76 valence electrons. The van der Waals surface area contributed by atoms with Gasteiger partial charge in [0.2, 0.25) is 0 Å². The van der Waals surface area contributed by atoms with Crippen LogP contribution in [0.2, 0.25) is 0 Å². The van der Waals surface area contributed by atoms with Crippen molar-refractivity contribution < 1.29 is 9.53 Å². The van der Waals surface area contributed by atoms with Gasteiger partial charge in [-0.1, -0.05) is 0 Å². The average molecular weight is 192 g/mol. The van der Waals surface area contributed by atoms with Gasteiger partial charge in [-0.05, 0) is 38.8 Å². The Morgan fingerprint density at radius 2 is 2.07 bits per heavy atom. The Bertz CT molecular complexity index is 345. The van der Waals surface area contributed by atoms with Crippen LogP contribution >= 0.6 is 0 Å². The molecule has 2 aliphatic rings. The minimum atomic E-state index is -0.240. The molecule has 0 saturated carbocycles. The van der Waals surface area contributed by atoms with E-state index >= 15 is 0 Å². The van der Waals surface area contributed by atoms with Gasteiger partial charge in [-0.25, -0.2) is 0 Å². The summed E-state index contributed by atoms with van der Waals surface area (Å²) in [5.41, 5.74) is 1.70. The largest absolute Gasteiger partial charge is 0.487 e. The van der Waals surface area contributed by atoms with Crippen LogP contribution in [0.1, 0.15) is 40.0 Å². The first-order valence-electron chi connectivity index (χ1n) is 5.15. The summed E-state index contributed by atoms with van der Waals surface area (Å²) in [5.74, 6) is 1.14. The first-order valence-corrected chi connectivity index (χ1v) is 5.15. The van der Waals surface area contributed by atoms with Crippen LogP contribution in [0.4, 0.5) is 0 Å². The van der Waals surface area contributed by atoms with E-state index in [9.17, 15) is 4.79 Å². The van der Waals surface area contributed by atoms with Crippen molar-refractivity contribution in [1.82, 2.24) is 0 Å². The summed E-state index contributed by atoms with van der Waals surface area (Å²) in [6.07, 6.45) is 4.52. The molecule has 2 rings (SSSR count). The summed E-state index contributed by atoms with van der Waals surface area (Å²) in [6, 6.07) is 0. The summed E-state index contributed by atoms with van der Waals surface area (Å²) in [5, 5.41) is 0. The zero-order chi connectivity index (χ0) is 10.3. The summed E-state index contributed by atoms with van der Waals surface area (Å²) in [4.78, 5) is 11.6. The lowest BCUT2D eigenvalue weighted by atomic mass is 9.87. The van der Waals surface area contributed by atoms with Crippen molar-refractivity contribution in [2.24, 2.45) is 0 Å². The van der Waals surface area contributed by atoms with Gasteiger partial charge in [0.25, 0.3) is 0 Å². The van der Waals surface area contributed by atoms with Crippen LogP contribution in [-0.4, -0.2) is 11.4 Å². The van der Waals surface area contributed by atoms with Gasteiger partial charge in [0.15, 0.2) is 5.78 Å². The number of carbonyl (C=O) groups excluding carboxylic acids is 1. The van der Waals surface area contributed by atoms with Crippen molar-refractivity contribution in [3.8, 4) is 0 Å². The molecule has 0 fully saturated rings. The molecule has 0 spiro atoms. The highest BCUT2D eigenvalue weighted by atomic mass is 16.5. The lowest BCUT2D eigenvalue weighted by Crippen LogP contribution is -2.31. The van der Waals surface area contributed by atoms with Crippen LogP contribution in [0, 0.1) is 0 Å². The molecule has 14 heavy (non-hydrogen) atoms. The van der Waals surface area contributed by atoms with E-state index < -0.39 is 0 Å². The molecule has 0 saturated heterocycles. The molecule has 2 nitrogen and oxygen atoms in total. The van der Waals surface area contributed by atoms with Crippen LogP contribution < -0.4 is 0 Å². The maximum absolute atomic E-state index is 11.6. The van der Waals surface area contributed by atoms with Crippen LogP contribution in [-0.2, 0) is 9.53 Å². The van der Waals surface area contributed by atoms with E-state index in [1.54, 1.807) is 0 Å². The standard InChI is InChI=1S/C12H16O2/c1-8-7-9-10(13)5-4-6-11(9)14-12(8,2)3/h7H,4-6H2,1-3H3. The van der Waals surface area contributed by atoms with Crippen molar-refractivity contribution in [2.75, 3.05) is 0 Å². The van der Waals surface area contributed by atoms with Crippen LogP contribution in [0.15, 0.2) is 23.0 Å². The molecular weight excluding hydrogens is 176 g/mol. The van der Waals surface area contributed by atoms with E-state index in [-0.39, 0.29) is 11.4 Å².